The van der Waals surface area contributed by atoms with E-state index in [0.717, 1.165) is 11.1 Å². The van der Waals surface area contributed by atoms with Crippen molar-refractivity contribution in [1.29, 1.82) is 5.26 Å². The number of carbonyl (C=O) groups is 1. The van der Waals surface area contributed by atoms with Gasteiger partial charge < -0.3 is 14.6 Å². The number of nitrogens with zero attached hydrogens (tertiary/aromatic N) is 2. The zero-order valence-corrected chi connectivity index (χ0v) is 15.5. The maximum absolute atomic E-state index is 12.7. The highest BCUT2D eigenvalue weighted by Crippen LogP contribution is 2.41. The standard InChI is InChI=1S/C22H22N2O4/c23-12-16-6-8-18(9-7-16)22(26)10-19-14-27-15-20(11-22)24(19)21(25)28-13-17-4-2-1-3-5-17/h1-9,19-20,26H,10-11,13-15H2. The Morgan fingerprint density at radius 2 is 1.79 bits per heavy atom. The van der Waals surface area contributed by atoms with E-state index in [1.54, 1.807) is 29.2 Å². The molecule has 2 bridgehead atoms. The number of piperidine rings is 1. The van der Waals surface area contributed by atoms with E-state index in [0.29, 0.717) is 31.6 Å². The molecule has 1 N–H and O–H groups in total. The summed E-state index contributed by atoms with van der Waals surface area (Å²) in [4.78, 5) is 14.5. The average Bonchev–Trinajstić information content (AvgIpc) is 2.72. The number of carbonyl (C=O) groups excluding carboxylic acids is 1. The van der Waals surface area contributed by atoms with Gasteiger partial charge in [0, 0.05) is 12.8 Å². The Kier molecular flexibility index (Phi) is 5.03. The van der Waals surface area contributed by atoms with Gasteiger partial charge in [0.1, 0.15) is 6.61 Å². The third-order valence-electron chi connectivity index (χ3n) is 5.52. The maximum atomic E-state index is 12.7. The summed E-state index contributed by atoms with van der Waals surface area (Å²) in [6, 6.07) is 18.1. The van der Waals surface area contributed by atoms with Gasteiger partial charge in [-0.15, -0.1) is 0 Å². The molecule has 0 aliphatic carbocycles. The van der Waals surface area contributed by atoms with Crippen molar-refractivity contribution in [3.63, 3.8) is 0 Å². The summed E-state index contributed by atoms with van der Waals surface area (Å²) in [5.41, 5.74) is 1.20. The van der Waals surface area contributed by atoms with Gasteiger partial charge in [-0.05, 0) is 23.3 Å². The highest BCUT2D eigenvalue weighted by atomic mass is 16.6. The van der Waals surface area contributed by atoms with E-state index in [4.69, 9.17) is 14.7 Å². The van der Waals surface area contributed by atoms with Crippen molar-refractivity contribution in [3.8, 4) is 6.07 Å². The van der Waals surface area contributed by atoms with Crippen molar-refractivity contribution in [2.75, 3.05) is 13.2 Å². The molecule has 0 spiro atoms. The van der Waals surface area contributed by atoms with Gasteiger partial charge in [-0.2, -0.15) is 5.26 Å². The second kappa shape index (κ2) is 7.63. The van der Waals surface area contributed by atoms with Gasteiger partial charge in [0.25, 0.3) is 0 Å². The number of morpholine rings is 1. The summed E-state index contributed by atoms with van der Waals surface area (Å²) in [5.74, 6) is 0. The topological polar surface area (TPSA) is 82.8 Å². The maximum Gasteiger partial charge on any atom is 0.410 e. The van der Waals surface area contributed by atoms with Crippen LogP contribution in [0.25, 0.3) is 0 Å². The van der Waals surface area contributed by atoms with Gasteiger partial charge in [0.2, 0.25) is 0 Å². The summed E-state index contributed by atoms with van der Waals surface area (Å²) < 4.78 is 11.2. The predicted molar refractivity (Wildman–Crippen MR) is 101 cm³/mol. The van der Waals surface area contributed by atoms with Crippen molar-refractivity contribution >= 4 is 6.09 Å². The number of rotatable bonds is 3. The van der Waals surface area contributed by atoms with Gasteiger partial charge in [-0.25, -0.2) is 4.79 Å². The number of nitriles is 1. The van der Waals surface area contributed by atoms with Crippen molar-refractivity contribution in [3.05, 3.63) is 71.3 Å². The van der Waals surface area contributed by atoms with E-state index in [9.17, 15) is 9.90 Å². The molecule has 4 rings (SSSR count). The van der Waals surface area contributed by atoms with Gasteiger partial charge in [0.05, 0.1) is 42.5 Å². The Morgan fingerprint density at radius 3 is 2.39 bits per heavy atom. The average molecular weight is 378 g/mol. The van der Waals surface area contributed by atoms with Crippen LogP contribution in [0.5, 0.6) is 0 Å². The molecule has 6 heteroatoms. The molecule has 2 aromatic carbocycles. The Balaban J connectivity index is 1.48. The summed E-state index contributed by atoms with van der Waals surface area (Å²) in [5, 5.41) is 20.3. The van der Waals surface area contributed by atoms with Crippen LogP contribution in [-0.4, -0.2) is 41.4 Å². The SMILES string of the molecule is N#Cc1ccc(C2(O)CC3COCC(C2)N3C(=O)OCc2ccccc2)cc1. The highest BCUT2D eigenvalue weighted by Gasteiger charge is 2.49. The summed E-state index contributed by atoms with van der Waals surface area (Å²) in [7, 11) is 0. The lowest BCUT2D eigenvalue weighted by Gasteiger charge is -2.51. The quantitative estimate of drug-likeness (QED) is 0.888. The number of fused-ring (bicyclic) bond motifs is 2. The highest BCUT2D eigenvalue weighted by molar-refractivity contribution is 5.69. The molecule has 0 aromatic heterocycles. The van der Waals surface area contributed by atoms with Crippen LogP contribution < -0.4 is 0 Å². The molecule has 2 saturated heterocycles. The van der Waals surface area contributed by atoms with Crippen LogP contribution in [0.4, 0.5) is 4.79 Å². The van der Waals surface area contributed by atoms with Crippen LogP contribution in [0.2, 0.25) is 0 Å². The van der Waals surface area contributed by atoms with Gasteiger partial charge in [0.15, 0.2) is 0 Å². The first-order valence-corrected chi connectivity index (χ1v) is 9.39. The smallest absolute Gasteiger partial charge is 0.410 e. The molecular weight excluding hydrogens is 356 g/mol. The second-order valence-electron chi connectivity index (χ2n) is 7.42. The number of hydrogen-bond acceptors (Lipinski definition) is 5. The second-order valence-corrected chi connectivity index (χ2v) is 7.42. The van der Waals surface area contributed by atoms with Crippen molar-refractivity contribution in [2.24, 2.45) is 0 Å². The molecule has 144 valence electrons. The number of ether oxygens (including phenoxy) is 2. The normalized spacial score (nSPS) is 26.4. The lowest BCUT2D eigenvalue weighted by molar-refractivity contribution is -0.136. The molecule has 2 heterocycles. The Labute approximate surface area is 163 Å². The Hall–Kier alpha value is -2.88. The Bertz CT molecular complexity index is 862. The number of benzene rings is 2. The molecule has 1 amide bonds. The van der Waals surface area contributed by atoms with Crippen LogP contribution in [0.3, 0.4) is 0 Å². The lowest BCUT2D eigenvalue weighted by atomic mass is 9.77. The Morgan fingerprint density at radius 1 is 1.14 bits per heavy atom. The fourth-order valence-electron chi connectivity index (χ4n) is 4.16. The molecule has 2 aromatic rings. The third kappa shape index (κ3) is 3.59. The van der Waals surface area contributed by atoms with Crippen LogP contribution in [0.1, 0.15) is 29.5 Å². The van der Waals surface area contributed by atoms with Crippen molar-refractivity contribution in [1.82, 2.24) is 4.90 Å². The largest absolute Gasteiger partial charge is 0.445 e. The predicted octanol–water partition coefficient (Wildman–Crippen LogP) is 2.95. The summed E-state index contributed by atoms with van der Waals surface area (Å²) in [6.45, 7) is 0.960. The number of hydrogen-bond donors (Lipinski definition) is 1. The molecule has 2 unspecified atom stereocenters. The molecule has 2 aliphatic rings. The monoisotopic (exact) mass is 378 g/mol. The zero-order valence-electron chi connectivity index (χ0n) is 15.5. The summed E-state index contributed by atoms with van der Waals surface area (Å²) in [6.07, 6.45) is 0.370. The molecule has 2 atom stereocenters. The van der Waals surface area contributed by atoms with Crippen LogP contribution in [0.15, 0.2) is 54.6 Å². The van der Waals surface area contributed by atoms with Gasteiger partial charge in [-0.1, -0.05) is 42.5 Å². The van der Waals surface area contributed by atoms with Crippen LogP contribution in [-0.2, 0) is 21.7 Å². The lowest BCUT2D eigenvalue weighted by Crippen LogP contribution is -2.62. The minimum atomic E-state index is -1.05. The molecule has 28 heavy (non-hydrogen) atoms. The van der Waals surface area contributed by atoms with Crippen LogP contribution in [0, 0.1) is 11.3 Å². The number of aliphatic hydroxyl groups is 1. The minimum Gasteiger partial charge on any atom is -0.445 e. The molecule has 0 radical (unpaired) electrons. The molecule has 2 fully saturated rings. The minimum absolute atomic E-state index is 0.219. The molecular formula is C22H22N2O4. The van der Waals surface area contributed by atoms with E-state index in [-0.39, 0.29) is 24.8 Å². The van der Waals surface area contributed by atoms with Crippen LogP contribution >= 0.6 is 0 Å². The van der Waals surface area contributed by atoms with Crippen molar-refractivity contribution < 1.29 is 19.4 Å². The molecule has 2 aliphatic heterocycles. The molecule has 0 saturated carbocycles. The van der Waals surface area contributed by atoms with E-state index in [1.165, 1.54) is 0 Å². The van der Waals surface area contributed by atoms with Gasteiger partial charge >= 0.3 is 6.09 Å². The molecule has 6 nitrogen and oxygen atoms in total. The van der Waals surface area contributed by atoms with Gasteiger partial charge in [-0.3, -0.25) is 4.90 Å². The summed E-state index contributed by atoms with van der Waals surface area (Å²) >= 11 is 0. The first kappa shape index (κ1) is 18.5. The van der Waals surface area contributed by atoms with E-state index in [1.807, 2.05) is 30.3 Å². The van der Waals surface area contributed by atoms with E-state index >= 15 is 0 Å². The third-order valence-corrected chi connectivity index (χ3v) is 5.52. The fraction of sp³-hybridized carbons (Fsp3) is 0.364. The first-order chi connectivity index (χ1) is 13.6. The van der Waals surface area contributed by atoms with E-state index in [2.05, 4.69) is 6.07 Å². The van der Waals surface area contributed by atoms with E-state index < -0.39 is 5.60 Å². The number of amides is 1. The van der Waals surface area contributed by atoms with Crippen molar-refractivity contribution in [2.45, 2.75) is 37.1 Å². The zero-order chi connectivity index (χ0) is 19.6. The fourth-order valence-corrected chi connectivity index (χ4v) is 4.16. The first-order valence-electron chi connectivity index (χ1n) is 9.39.